The van der Waals surface area contributed by atoms with Gasteiger partial charge in [-0.2, -0.15) is 16.6 Å². The molecule has 10 nitrogen and oxygen atoms in total. The number of ether oxygens (including phenoxy) is 4. The first-order chi connectivity index (χ1) is 19.1. The Morgan fingerprint density at radius 3 is 2.22 bits per heavy atom. The zero-order valence-corrected chi connectivity index (χ0v) is 28.0. The molecule has 1 fully saturated rings. The molecule has 1 radical (unpaired) electrons. The van der Waals surface area contributed by atoms with Gasteiger partial charge in [0, 0.05) is 8.80 Å². The highest BCUT2D eigenvalue weighted by Gasteiger charge is 2.50. The molecule has 0 amide bonds. The lowest BCUT2D eigenvalue weighted by Gasteiger charge is -2.39. The van der Waals surface area contributed by atoms with Crippen LogP contribution in [0.25, 0.3) is 0 Å². The largest absolute Gasteiger partial charge is 0.465 e. The minimum Gasteiger partial charge on any atom is -0.465 e. The predicted molar refractivity (Wildman–Crippen MR) is 160 cm³/mol. The Morgan fingerprint density at radius 2 is 1.66 bits per heavy atom. The quantitative estimate of drug-likeness (QED) is 0.0267. The van der Waals surface area contributed by atoms with Crippen molar-refractivity contribution in [2.75, 3.05) is 45.0 Å². The van der Waals surface area contributed by atoms with Gasteiger partial charge in [-0.15, -0.1) is 0 Å². The Morgan fingerprint density at radius 1 is 1.02 bits per heavy atom. The minimum absolute atomic E-state index is 0.0493. The monoisotopic (exact) mass is 619 g/mol. The Kier molecular flexibility index (Phi) is 16.0. The first-order valence-electron chi connectivity index (χ1n) is 14.1. The molecule has 4 unspecified atom stereocenters. The van der Waals surface area contributed by atoms with Crippen LogP contribution in [0.15, 0.2) is 12.3 Å². The molecular weight excluding hydrogens is 568 g/mol. The number of epoxide rings is 1. The van der Waals surface area contributed by atoms with E-state index < -0.39 is 43.1 Å². The summed E-state index contributed by atoms with van der Waals surface area (Å²) < 4.78 is 21.7. The van der Waals surface area contributed by atoms with Gasteiger partial charge in [0.15, 0.2) is 0 Å². The number of carbonyl (C=O) groups is 3. The lowest BCUT2D eigenvalue weighted by molar-refractivity contribution is -0.275. The average Bonchev–Trinajstić information content (AvgIpc) is 3.72. The van der Waals surface area contributed by atoms with E-state index in [4.69, 9.17) is 28.7 Å². The molecule has 41 heavy (non-hydrogen) atoms. The van der Waals surface area contributed by atoms with E-state index in [2.05, 4.69) is 19.7 Å². The van der Waals surface area contributed by atoms with Crippen molar-refractivity contribution in [1.29, 1.82) is 0 Å². The molecule has 0 aromatic rings. The summed E-state index contributed by atoms with van der Waals surface area (Å²) in [5.41, 5.74) is -3.36. The molecule has 0 aromatic carbocycles. The summed E-state index contributed by atoms with van der Waals surface area (Å²) in [5.74, 6) is -0.573. The van der Waals surface area contributed by atoms with Crippen molar-refractivity contribution in [2.24, 2.45) is 16.2 Å². The van der Waals surface area contributed by atoms with Crippen LogP contribution in [0.1, 0.15) is 60.3 Å². The molecule has 1 aliphatic heterocycles. The Bertz CT molecular complexity index is 863. The van der Waals surface area contributed by atoms with Crippen LogP contribution in [0, 0.1) is 16.2 Å². The highest BCUT2D eigenvalue weighted by atomic mass is 32.2. The SMILES string of the molecule is C=C(CSC)OOCC(O)COC(=O)C(C)(CC(C)(C)C(=O)OCC1CO1)CC(C)(CC)C(=O)OCCC[Si](C)C. The van der Waals surface area contributed by atoms with E-state index in [1.165, 1.54) is 11.8 Å². The number of esters is 3. The first-order valence-corrected chi connectivity index (χ1v) is 18.2. The van der Waals surface area contributed by atoms with Crippen LogP contribution in [0.3, 0.4) is 0 Å². The lowest BCUT2D eigenvalue weighted by atomic mass is 9.65. The number of rotatable bonds is 22. The van der Waals surface area contributed by atoms with Crippen molar-refractivity contribution in [1.82, 2.24) is 0 Å². The van der Waals surface area contributed by atoms with E-state index in [0.29, 0.717) is 31.1 Å². The number of thioether (sulfide) groups is 1. The van der Waals surface area contributed by atoms with E-state index in [1.54, 1.807) is 27.7 Å². The fourth-order valence-corrected chi connectivity index (χ4v) is 5.75. The van der Waals surface area contributed by atoms with Gasteiger partial charge in [0.05, 0.1) is 35.2 Å². The van der Waals surface area contributed by atoms with Crippen molar-refractivity contribution < 1.29 is 48.2 Å². The van der Waals surface area contributed by atoms with Crippen molar-refractivity contribution in [3.05, 3.63) is 12.3 Å². The van der Waals surface area contributed by atoms with Gasteiger partial charge in [-0.3, -0.25) is 14.4 Å². The highest BCUT2D eigenvalue weighted by Crippen LogP contribution is 2.46. The molecule has 12 heteroatoms. The third kappa shape index (κ3) is 13.9. The minimum atomic E-state index is -1.28. The smallest absolute Gasteiger partial charge is 0.311 e. The molecule has 0 bridgehead atoms. The summed E-state index contributed by atoms with van der Waals surface area (Å²) in [6, 6.07) is 1.04. The fourth-order valence-electron chi connectivity index (χ4n) is 4.53. The molecule has 1 rings (SSSR count). The number of aliphatic hydroxyl groups excluding tert-OH is 1. The zero-order valence-electron chi connectivity index (χ0n) is 26.2. The fraction of sp³-hybridized carbons (Fsp3) is 0.828. The van der Waals surface area contributed by atoms with Crippen molar-refractivity contribution >= 4 is 38.5 Å². The van der Waals surface area contributed by atoms with Gasteiger partial charge in [0.2, 0.25) is 0 Å². The normalized spacial score (nSPS) is 18.5. The maximum Gasteiger partial charge on any atom is 0.311 e. The highest BCUT2D eigenvalue weighted by molar-refractivity contribution is 7.98. The van der Waals surface area contributed by atoms with Gasteiger partial charge in [-0.05, 0) is 59.6 Å². The van der Waals surface area contributed by atoms with Crippen molar-refractivity contribution in [3.8, 4) is 0 Å². The molecule has 1 aliphatic rings. The molecule has 1 saturated heterocycles. The van der Waals surface area contributed by atoms with Gasteiger partial charge in [0.25, 0.3) is 0 Å². The van der Waals surface area contributed by atoms with Gasteiger partial charge < -0.3 is 28.9 Å². The number of hydrogen-bond acceptors (Lipinski definition) is 11. The van der Waals surface area contributed by atoms with Gasteiger partial charge in [-0.1, -0.05) is 32.6 Å². The third-order valence-electron chi connectivity index (χ3n) is 6.94. The molecule has 0 aliphatic carbocycles. The van der Waals surface area contributed by atoms with Crippen LogP contribution in [0.2, 0.25) is 19.1 Å². The van der Waals surface area contributed by atoms with Crippen LogP contribution >= 0.6 is 11.8 Å². The molecular formula is C29H51O10SSi. The average molecular weight is 620 g/mol. The van der Waals surface area contributed by atoms with Gasteiger partial charge >= 0.3 is 17.9 Å². The Balaban J connectivity index is 3.00. The van der Waals surface area contributed by atoms with Crippen LogP contribution in [0.4, 0.5) is 0 Å². The third-order valence-corrected chi connectivity index (χ3v) is 8.90. The standard InChI is InChI=1S/C29H51O10SSi/c1-10-28(5,25(32)34-12-11-13-41(8)9)20-29(6,19-27(3,4)24(31)37-17-23-16-35-23)26(33)36-14-22(30)15-38-39-21(2)18-40-7/h22-23,30H,2,10-20H2,1,3-9H3. The van der Waals surface area contributed by atoms with E-state index in [-0.39, 0.29) is 44.7 Å². The summed E-state index contributed by atoms with van der Waals surface area (Å²) in [7, 11) is -0.419. The molecule has 0 aromatic heterocycles. The lowest BCUT2D eigenvalue weighted by Crippen LogP contribution is -2.45. The topological polar surface area (TPSA) is 130 Å². The summed E-state index contributed by atoms with van der Waals surface area (Å²) in [5, 5.41) is 10.3. The second-order valence-electron chi connectivity index (χ2n) is 12.3. The summed E-state index contributed by atoms with van der Waals surface area (Å²) in [4.78, 5) is 49.9. The van der Waals surface area contributed by atoms with E-state index >= 15 is 0 Å². The molecule has 237 valence electrons. The summed E-state index contributed by atoms with van der Waals surface area (Å²) in [6.07, 6.45) is 1.98. The molecule has 1 heterocycles. The summed E-state index contributed by atoms with van der Waals surface area (Å²) >= 11 is 1.51. The molecule has 0 saturated carbocycles. The van der Waals surface area contributed by atoms with Crippen LogP contribution in [-0.4, -0.2) is 89.1 Å². The second-order valence-corrected chi connectivity index (χ2v) is 16.1. The van der Waals surface area contributed by atoms with E-state index in [9.17, 15) is 19.5 Å². The molecule has 1 N–H and O–H groups in total. The number of hydrogen-bond donors (Lipinski definition) is 1. The second kappa shape index (κ2) is 17.5. The van der Waals surface area contributed by atoms with Crippen LogP contribution in [-0.2, 0) is 43.1 Å². The number of carbonyl (C=O) groups excluding carboxylic acids is 3. The zero-order chi connectivity index (χ0) is 31.3. The Hall–Kier alpha value is -1.60. The van der Waals surface area contributed by atoms with Crippen molar-refractivity contribution in [3.63, 3.8) is 0 Å². The molecule has 0 spiro atoms. The Labute approximate surface area is 251 Å². The van der Waals surface area contributed by atoms with Gasteiger partial charge in [0.1, 0.15) is 37.8 Å². The maximum absolute atomic E-state index is 13.6. The number of aliphatic hydroxyl groups is 1. The summed E-state index contributed by atoms with van der Waals surface area (Å²) in [6.45, 7) is 17.3. The van der Waals surface area contributed by atoms with E-state index in [1.807, 2.05) is 13.2 Å². The van der Waals surface area contributed by atoms with Crippen LogP contribution < -0.4 is 0 Å². The van der Waals surface area contributed by atoms with Gasteiger partial charge in [-0.25, -0.2) is 0 Å². The molecule has 4 atom stereocenters. The van der Waals surface area contributed by atoms with E-state index in [0.717, 1.165) is 12.5 Å². The maximum atomic E-state index is 13.6. The van der Waals surface area contributed by atoms with Crippen molar-refractivity contribution in [2.45, 2.75) is 91.6 Å². The predicted octanol–water partition coefficient (Wildman–Crippen LogP) is 4.57. The van der Waals surface area contributed by atoms with Crippen LogP contribution in [0.5, 0.6) is 0 Å². The first kappa shape index (κ1) is 37.4.